The zero-order valence-electron chi connectivity index (χ0n) is 19.9. The van der Waals surface area contributed by atoms with Crippen LogP contribution in [-0.4, -0.2) is 47.9 Å². The van der Waals surface area contributed by atoms with Gasteiger partial charge in [0.15, 0.2) is 6.54 Å². The van der Waals surface area contributed by atoms with Crippen molar-refractivity contribution in [2.24, 2.45) is 5.92 Å². The normalized spacial score (nSPS) is 21.8. The van der Waals surface area contributed by atoms with E-state index in [2.05, 4.69) is 41.8 Å². The molecule has 0 spiro atoms. The summed E-state index contributed by atoms with van der Waals surface area (Å²) in [5.74, 6) is 0.199. The van der Waals surface area contributed by atoms with Crippen molar-refractivity contribution in [2.45, 2.75) is 59.2 Å². The third-order valence-corrected chi connectivity index (χ3v) is 6.74. The minimum absolute atomic E-state index is 0.0485. The number of carbonyl (C=O) groups excluding carboxylic acids is 1. The van der Waals surface area contributed by atoms with E-state index in [1.165, 1.54) is 5.56 Å². The molecule has 2 aromatic rings. The van der Waals surface area contributed by atoms with Gasteiger partial charge >= 0.3 is 0 Å². The molecule has 5 heteroatoms. The van der Waals surface area contributed by atoms with E-state index in [-0.39, 0.29) is 11.8 Å². The Bertz CT molecular complexity index is 850. The van der Waals surface area contributed by atoms with E-state index in [0.29, 0.717) is 11.0 Å². The van der Waals surface area contributed by atoms with Gasteiger partial charge in [0.25, 0.3) is 5.91 Å². The van der Waals surface area contributed by atoms with Crippen molar-refractivity contribution in [1.82, 2.24) is 5.32 Å². The zero-order valence-corrected chi connectivity index (χ0v) is 19.9. The Balaban J connectivity index is 1.77. The second kappa shape index (κ2) is 11.6. The van der Waals surface area contributed by atoms with Crippen LogP contribution in [0.15, 0.2) is 48.5 Å². The molecule has 3 atom stereocenters. The third-order valence-electron chi connectivity index (χ3n) is 6.74. The summed E-state index contributed by atoms with van der Waals surface area (Å²) in [5.41, 5.74) is 4.33. The van der Waals surface area contributed by atoms with Crippen LogP contribution in [0, 0.1) is 19.8 Å². The van der Waals surface area contributed by atoms with Crippen molar-refractivity contribution in [3.63, 3.8) is 0 Å². The molecule has 1 heterocycles. The number of benzene rings is 2. The molecule has 5 nitrogen and oxygen atoms in total. The second-order valence-electron chi connectivity index (χ2n) is 9.52. The number of aliphatic hydroxyl groups is 1. The summed E-state index contributed by atoms with van der Waals surface area (Å²) in [6, 6.07) is 16.5. The van der Waals surface area contributed by atoms with E-state index >= 15 is 0 Å². The topological polar surface area (TPSA) is 61.4 Å². The van der Waals surface area contributed by atoms with E-state index in [0.717, 1.165) is 68.7 Å². The van der Waals surface area contributed by atoms with Crippen LogP contribution >= 0.6 is 0 Å². The van der Waals surface area contributed by atoms with E-state index in [1.54, 1.807) is 0 Å². The fourth-order valence-corrected chi connectivity index (χ4v) is 5.03. The minimum Gasteiger partial charge on any atom is -0.378 e. The fourth-order valence-electron chi connectivity index (χ4n) is 5.03. The minimum atomic E-state index is -0.517. The molecular formula is C27H40N3O2+. The molecule has 174 valence electrons. The van der Waals surface area contributed by atoms with Crippen molar-refractivity contribution >= 4 is 11.6 Å². The first kappa shape index (κ1) is 24.4. The Hall–Kier alpha value is -2.21. The first-order valence-electron chi connectivity index (χ1n) is 12.1. The summed E-state index contributed by atoms with van der Waals surface area (Å²) in [7, 11) is 0. The predicted octanol–water partition coefficient (Wildman–Crippen LogP) is 4.38. The number of aryl methyl sites for hydroxylation is 2. The van der Waals surface area contributed by atoms with Crippen LogP contribution in [0.3, 0.4) is 0 Å². The summed E-state index contributed by atoms with van der Waals surface area (Å²) in [5, 5.41) is 17.3. The highest BCUT2D eigenvalue weighted by atomic mass is 16.3. The standard InChI is InChI=1S/C27H39N3O2/c1-4-5-16-28-27(32)24-15-10-17-30(19-24,18-23-13-7-6-8-14-23)20-25(31)29-26-21(2)11-9-12-22(26)3/h6-9,11-14,24,27-28,32H,4-5,10,15-20H2,1-3H3/p+1. The van der Waals surface area contributed by atoms with Gasteiger partial charge in [-0.15, -0.1) is 0 Å². The number of aliphatic hydroxyl groups excluding tert-OH is 1. The number of hydrogen-bond donors (Lipinski definition) is 3. The van der Waals surface area contributed by atoms with Crippen LogP contribution in [0.1, 0.15) is 49.3 Å². The number of hydrogen-bond acceptors (Lipinski definition) is 3. The van der Waals surface area contributed by atoms with Crippen LogP contribution in [0.2, 0.25) is 0 Å². The van der Waals surface area contributed by atoms with Gasteiger partial charge in [-0.3, -0.25) is 10.1 Å². The van der Waals surface area contributed by atoms with Gasteiger partial charge in [-0.05, 0) is 50.8 Å². The molecule has 2 aromatic carbocycles. The number of carbonyl (C=O) groups is 1. The van der Waals surface area contributed by atoms with Crippen LogP contribution < -0.4 is 10.6 Å². The monoisotopic (exact) mass is 438 g/mol. The summed E-state index contributed by atoms with van der Waals surface area (Å²) >= 11 is 0. The molecule has 3 unspecified atom stereocenters. The molecule has 3 N–H and O–H groups in total. The lowest BCUT2D eigenvalue weighted by atomic mass is 9.92. The number of unbranched alkanes of at least 4 members (excludes halogenated alkanes) is 1. The lowest BCUT2D eigenvalue weighted by molar-refractivity contribution is -0.941. The number of piperidine rings is 1. The Morgan fingerprint density at radius 1 is 1.12 bits per heavy atom. The average Bonchev–Trinajstić information content (AvgIpc) is 2.77. The highest BCUT2D eigenvalue weighted by molar-refractivity contribution is 5.93. The van der Waals surface area contributed by atoms with Gasteiger partial charge in [0.2, 0.25) is 0 Å². The van der Waals surface area contributed by atoms with Gasteiger partial charge in [0, 0.05) is 17.2 Å². The third kappa shape index (κ3) is 6.64. The number of anilines is 1. The summed E-state index contributed by atoms with van der Waals surface area (Å²) < 4.78 is 0.679. The number of quaternary nitrogens is 1. The van der Waals surface area contributed by atoms with Crippen LogP contribution in [0.4, 0.5) is 5.69 Å². The predicted molar refractivity (Wildman–Crippen MR) is 131 cm³/mol. The molecule has 0 bridgehead atoms. The molecule has 1 aliphatic rings. The zero-order chi connectivity index (χ0) is 23.0. The van der Waals surface area contributed by atoms with Crippen molar-refractivity contribution in [2.75, 3.05) is 31.5 Å². The number of para-hydroxylation sites is 1. The molecule has 1 aliphatic heterocycles. The second-order valence-corrected chi connectivity index (χ2v) is 9.52. The van der Waals surface area contributed by atoms with E-state index in [1.807, 2.05) is 38.1 Å². The Morgan fingerprint density at radius 2 is 1.84 bits per heavy atom. The highest BCUT2D eigenvalue weighted by Crippen LogP contribution is 2.29. The summed E-state index contributed by atoms with van der Waals surface area (Å²) in [4.78, 5) is 13.3. The Labute approximate surface area is 193 Å². The Morgan fingerprint density at radius 3 is 2.53 bits per heavy atom. The number of amides is 1. The van der Waals surface area contributed by atoms with E-state index < -0.39 is 6.23 Å². The first-order valence-corrected chi connectivity index (χ1v) is 12.1. The number of nitrogens with zero attached hydrogens (tertiary/aromatic N) is 1. The quantitative estimate of drug-likeness (QED) is 0.293. The van der Waals surface area contributed by atoms with Gasteiger partial charge in [0.05, 0.1) is 13.1 Å². The van der Waals surface area contributed by atoms with Crippen LogP contribution in [-0.2, 0) is 11.3 Å². The van der Waals surface area contributed by atoms with Gasteiger partial charge in [0.1, 0.15) is 12.8 Å². The van der Waals surface area contributed by atoms with Crippen LogP contribution in [0.25, 0.3) is 0 Å². The number of nitrogens with one attached hydrogen (secondary N) is 2. The lowest BCUT2D eigenvalue weighted by Crippen LogP contribution is -2.59. The van der Waals surface area contributed by atoms with E-state index in [4.69, 9.17) is 0 Å². The summed E-state index contributed by atoms with van der Waals surface area (Å²) in [6.45, 7) is 10.0. The maximum Gasteiger partial charge on any atom is 0.279 e. The van der Waals surface area contributed by atoms with Gasteiger partial charge in [-0.25, -0.2) is 0 Å². The largest absolute Gasteiger partial charge is 0.378 e. The molecule has 0 aliphatic carbocycles. The Kier molecular flexibility index (Phi) is 8.85. The van der Waals surface area contributed by atoms with Crippen LogP contribution in [0.5, 0.6) is 0 Å². The van der Waals surface area contributed by atoms with Gasteiger partial charge in [-0.1, -0.05) is 61.9 Å². The maximum absolute atomic E-state index is 13.3. The molecule has 1 saturated heterocycles. The highest BCUT2D eigenvalue weighted by Gasteiger charge is 2.39. The molecule has 1 fully saturated rings. The maximum atomic E-state index is 13.3. The fraction of sp³-hybridized carbons (Fsp3) is 0.519. The molecule has 3 rings (SSSR count). The van der Waals surface area contributed by atoms with Gasteiger partial charge < -0.3 is 14.9 Å². The average molecular weight is 439 g/mol. The molecular weight excluding hydrogens is 398 g/mol. The van der Waals surface area contributed by atoms with E-state index in [9.17, 15) is 9.90 Å². The smallest absolute Gasteiger partial charge is 0.279 e. The van der Waals surface area contributed by atoms with Crippen molar-refractivity contribution in [3.8, 4) is 0 Å². The number of rotatable bonds is 10. The molecule has 0 radical (unpaired) electrons. The van der Waals surface area contributed by atoms with Crippen molar-refractivity contribution in [3.05, 3.63) is 65.2 Å². The molecule has 0 aromatic heterocycles. The van der Waals surface area contributed by atoms with Crippen molar-refractivity contribution < 1.29 is 14.4 Å². The SMILES string of the molecule is CCCCNC(O)C1CCC[N+](CC(=O)Nc2c(C)cccc2C)(Cc2ccccc2)C1. The number of likely N-dealkylation sites (tertiary alicyclic amines) is 1. The first-order chi connectivity index (χ1) is 15.4. The summed E-state index contributed by atoms with van der Waals surface area (Å²) in [6.07, 6.45) is 3.66. The molecule has 32 heavy (non-hydrogen) atoms. The van der Waals surface area contributed by atoms with Gasteiger partial charge in [-0.2, -0.15) is 0 Å². The lowest BCUT2D eigenvalue weighted by Gasteiger charge is -2.45. The van der Waals surface area contributed by atoms with Crippen molar-refractivity contribution in [1.29, 1.82) is 0 Å². The molecule has 0 saturated carbocycles. The molecule has 1 amide bonds.